The maximum atomic E-state index is 13.6. The summed E-state index contributed by atoms with van der Waals surface area (Å²) >= 11 is 5.74. The van der Waals surface area contributed by atoms with Gasteiger partial charge in [-0.15, -0.1) is 0 Å². The summed E-state index contributed by atoms with van der Waals surface area (Å²) in [5.74, 6) is 0.509. The molecule has 1 unspecified atom stereocenters. The van der Waals surface area contributed by atoms with Gasteiger partial charge >= 0.3 is 0 Å². The lowest BCUT2D eigenvalue weighted by Crippen LogP contribution is -2.30. The van der Waals surface area contributed by atoms with Gasteiger partial charge in [0, 0.05) is 18.2 Å². The average molecular weight is 242 g/mol. The van der Waals surface area contributed by atoms with Gasteiger partial charge in [0.25, 0.3) is 0 Å². The topological polar surface area (TPSA) is 12.0 Å². The van der Waals surface area contributed by atoms with Crippen LogP contribution in [-0.2, 0) is 6.54 Å². The van der Waals surface area contributed by atoms with Crippen LogP contribution in [0.3, 0.4) is 0 Å². The lowest BCUT2D eigenvalue weighted by molar-refractivity contribution is 0.443. The third-order valence-corrected chi connectivity index (χ3v) is 3.51. The Morgan fingerprint density at radius 2 is 2.25 bits per heavy atom. The molecular formula is C13H17ClFN. The summed E-state index contributed by atoms with van der Waals surface area (Å²) in [7, 11) is 0. The fraction of sp³-hybridized carbons (Fsp3) is 0.538. The quantitative estimate of drug-likeness (QED) is 0.828. The second-order valence-electron chi connectivity index (χ2n) is 4.45. The van der Waals surface area contributed by atoms with E-state index in [1.165, 1.54) is 12.8 Å². The van der Waals surface area contributed by atoms with Gasteiger partial charge in [0.15, 0.2) is 0 Å². The highest BCUT2D eigenvalue weighted by Crippen LogP contribution is 2.34. The molecule has 1 aromatic rings. The van der Waals surface area contributed by atoms with Crippen LogP contribution in [0.4, 0.5) is 4.39 Å². The van der Waals surface area contributed by atoms with Crippen molar-refractivity contribution < 1.29 is 4.39 Å². The maximum Gasteiger partial charge on any atom is 0.146 e. The molecule has 0 aromatic heterocycles. The van der Waals surface area contributed by atoms with Gasteiger partial charge in [0.2, 0.25) is 0 Å². The van der Waals surface area contributed by atoms with Crippen molar-refractivity contribution in [2.24, 2.45) is 5.92 Å². The summed E-state index contributed by atoms with van der Waals surface area (Å²) in [5.41, 5.74) is 0.659. The first-order valence-electron chi connectivity index (χ1n) is 5.88. The first kappa shape index (κ1) is 11.9. The van der Waals surface area contributed by atoms with Crippen molar-refractivity contribution in [1.29, 1.82) is 0 Å². The molecule has 16 heavy (non-hydrogen) atoms. The van der Waals surface area contributed by atoms with E-state index < -0.39 is 0 Å². The van der Waals surface area contributed by atoms with Crippen LogP contribution in [0, 0.1) is 11.7 Å². The van der Waals surface area contributed by atoms with E-state index in [-0.39, 0.29) is 10.8 Å². The monoisotopic (exact) mass is 241 g/mol. The summed E-state index contributed by atoms with van der Waals surface area (Å²) in [6, 6.07) is 5.69. The van der Waals surface area contributed by atoms with Crippen molar-refractivity contribution in [3.05, 3.63) is 34.6 Å². The van der Waals surface area contributed by atoms with Crippen LogP contribution in [0.1, 0.15) is 31.7 Å². The Balaban J connectivity index is 1.95. The minimum absolute atomic E-state index is 0.207. The second kappa shape index (κ2) is 5.15. The normalized spacial score (nSPS) is 17.4. The molecule has 1 saturated carbocycles. The van der Waals surface area contributed by atoms with Crippen molar-refractivity contribution in [1.82, 2.24) is 5.32 Å². The van der Waals surface area contributed by atoms with Crippen molar-refractivity contribution >= 4 is 11.6 Å². The SMILES string of the molecule is CCC(NCc1cccc(Cl)c1F)C1CC1. The van der Waals surface area contributed by atoms with Crippen molar-refractivity contribution in [2.75, 3.05) is 0 Å². The molecular weight excluding hydrogens is 225 g/mol. The third kappa shape index (κ3) is 2.74. The lowest BCUT2D eigenvalue weighted by Gasteiger charge is -2.16. The highest BCUT2D eigenvalue weighted by atomic mass is 35.5. The van der Waals surface area contributed by atoms with E-state index in [1.54, 1.807) is 18.2 Å². The van der Waals surface area contributed by atoms with Gasteiger partial charge in [-0.05, 0) is 31.2 Å². The van der Waals surface area contributed by atoms with E-state index in [1.807, 2.05) is 0 Å². The summed E-state index contributed by atoms with van der Waals surface area (Å²) < 4.78 is 13.6. The van der Waals surface area contributed by atoms with E-state index in [4.69, 9.17) is 11.6 Å². The fourth-order valence-electron chi connectivity index (χ4n) is 2.07. The molecule has 88 valence electrons. The zero-order chi connectivity index (χ0) is 11.5. The molecule has 0 spiro atoms. The van der Waals surface area contributed by atoms with Gasteiger partial charge in [0.05, 0.1) is 5.02 Å². The van der Waals surface area contributed by atoms with Crippen LogP contribution in [-0.4, -0.2) is 6.04 Å². The third-order valence-electron chi connectivity index (χ3n) is 3.22. The molecule has 0 amide bonds. The van der Waals surface area contributed by atoms with E-state index in [9.17, 15) is 4.39 Å². The molecule has 0 saturated heterocycles. The Hall–Kier alpha value is -0.600. The molecule has 1 aliphatic carbocycles. The van der Waals surface area contributed by atoms with Gasteiger partial charge in [-0.2, -0.15) is 0 Å². The smallest absolute Gasteiger partial charge is 0.146 e. The van der Waals surface area contributed by atoms with Crippen LogP contribution in [0.2, 0.25) is 5.02 Å². The van der Waals surface area contributed by atoms with E-state index in [0.717, 1.165) is 12.3 Å². The van der Waals surface area contributed by atoms with Crippen LogP contribution in [0.25, 0.3) is 0 Å². The number of rotatable bonds is 5. The first-order chi connectivity index (χ1) is 7.72. The summed E-state index contributed by atoms with van der Waals surface area (Å²) in [5, 5.41) is 3.62. The molecule has 1 aliphatic rings. The number of hydrogen-bond donors (Lipinski definition) is 1. The standard InChI is InChI=1S/C13H17ClFN/c1-2-12(9-6-7-9)16-8-10-4-3-5-11(14)13(10)15/h3-5,9,12,16H,2,6-8H2,1H3. The Morgan fingerprint density at radius 3 is 2.88 bits per heavy atom. The zero-order valence-electron chi connectivity index (χ0n) is 9.47. The maximum absolute atomic E-state index is 13.6. The minimum Gasteiger partial charge on any atom is -0.310 e. The molecule has 0 heterocycles. The molecule has 3 heteroatoms. The summed E-state index contributed by atoms with van der Waals surface area (Å²) in [6.07, 6.45) is 3.72. The highest BCUT2D eigenvalue weighted by molar-refractivity contribution is 6.30. The lowest BCUT2D eigenvalue weighted by atomic mass is 10.1. The van der Waals surface area contributed by atoms with Gasteiger partial charge < -0.3 is 5.32 Å². The van der Waals surface area contributed by atoms with Crippen molar-refractivity contribution in [3.63, 3.8) is 0 Å². The fourth-order valence-corrected chi connectivity index (χ4v) is 2.26. The highest BCUT2D eigenvalue weighted by Gasteiger charge is 2.29. The van der Waals surface area contributed by atoms with Crippen molar-refractivity contribution in [3.8, 4) is 0 Å². The van der Waals surface area contributed by atoms with Crippen molar-refractivity contribution in [2.45, 2.75) is 38.8 Å². The first-order valence-corrected chi connectivity index (χ1v) is 6.26. The zero-order valence-corrected chi connectivity index (χ0v) is 10.2. The predicted molar refractivity (Wildman–Crippen MR) is 65.1 cm³/mol. The number of halogens is 2. The van der Waals surface area contributed by atoms with Gasteiger partial charge in [-0.3, -0.25) is 0 Å². The van der Waals surface area contributed by atoms with Gasteiger partial charge in [-0.25, -0.2) is 4.39 Å². The molecule has 1 N–H and O–H groups in total. The Labute approximate surface area is 101 Å². The molecule has 1 atom stereocenters. The molecule has 0 bridgehead atoms. The Bertz CT molecular complexity index is 363. The van der Waals surface area contributed by atoms with Gasteiger partial charge in [0.1, 0.15) is 5.82 Å². The molecule has 2 rings (SSSR count). The van der Waals surface area contributed by atoms with Crippen LogP contribution in [0.5, 0.6) is 0 Å². The molecule has 0 aliphatic heterocycles. The predicted octanol–water partition coefficient (Wildman–Crippen LogP) is 3.76. The molecule has 1 aromatic carbocycles. The van der Waals surface area contributed by atoms with Gasteiger partial charge in [-0.1, -0.05) is 30.7 Å². The summed E-state index contributed by atoms with van der Waals surface area (Å²) in [4.78, 5) is 0. The molecule has 1 fully saturated rings. The summed E-state index contributed by atoms with van der Waals surface area (Å²) in [6.45, 7) is 2.74. The number of nitrogens with one attached hydrogen (secondary N) is 1. The minimum atomic E-state index is -0.290. The largest absolute Gasteiger partial charge is 0.310 e. The number of hydrogen-bond acceptors (Lipinski definition) is 1. The van der Waals surface area contributed by atoms with E-state index >= 15 is 0 Å². The molecule has 1 nitrogen and oxygen atoms in total. The van der Waals surface area contributed by atoms with Crippen LogP contribution < -0.4 is 5.32 Å². The van der Waals surface area contributed by atoms with E-state index in [2.05, 4.69) is 12.2 Å². The molecule has 0 radical (unpaired) electrons. The second-order valence-corrected chi connectivity index (χ2v) is 4.85. The Kier molecular flexibility index (Phi) is 3.82. The van der Waals surface area contributed by atoms with Crippen LogP contribution >= 0.6 is 11.6 Å². The average Bonchev–Trinajstić information content (AvgIpc) is 3.09. The van der Waals surface area contributed by atoms with Crippen LogP contribution in [0.15, 0.2) is 18.2 Å². The van der Waals surface area contributed by atoms with E-state index in [0.29, 0.717) is 18.2 Å². The Morgan fingerprint density at radius 1 is 1.50 bits per heavy atom. The number of benzene rings is 1.